The smallest absolute Gasteiger partial charge is 0.250 e. The molecule has 3 N–H and O–H groups in total. The number of aryl methyl sites for hydroxylation is 1. The number of imide groups is 2. The summed E-state index contributed by atoms with van der Waals surface area (Å²) in [6, 6.07) is 4.76. The van der Waals surface area contributed by atoms with Crippen molar-refractivity contribution in [1.29, 1.82) is 0 Å². The first-order chi connectivity index (χ1) is 28.7. The van der Waals surface area contributed by atoms with Gasteiger partial charge in [-0.2, -0.15) is 0 Å². The van der Waals surface area contributed by atoms with Gasteiger partial charge in [0, 0.05) is 63.2 Å². The van der Waals surface area contributed by atoms with E-state index < -0.39 is 93.2 Å². The summed E-state index contributed by atoms with van der Waals surface area (Å²) in [5.41, 5.74) is -1.61. The maximum atomic E-state index is 13.8. The third kappa shape index (κ3) is 11.9. The average molecular weight is 904 g/mol. The molecule has 2 unspecified atom stereocenters. The molecule has 0 aliphatic carbocycles. The lowest BCUT2D eigenvalue weighted by molar-refractivity contribution is -0.155. The van der Waals surface area contributed by atoms with Crippen molar-refractivity contribution >= 4 is 115 Å². The van der Waals surface area contributed by atoms with Gasteiger partial charge in [-0.3, -0.25) is 72.1 Å². The zero-order valence-electron chi connectivity index (χ0n) is 33.8. The number of likely N-dealkylation sites (tertiary alicyclic amines) is 2. The van der Waals surface area contributed by atoms with Crippen molar-refractivity contribution in [2.45, 2.75) is 81.6 Å². The van der Waals surface area contributed by atoms with Gasteiger partial charge >= 0.3 is 0 Å². The number of Topliss-reactive ketones (excluding diaryl/α,β-unsaturated/α-hetero) is 6. The molecule has 3 aliphatic heterocycles. The Hall–Kier alpha value is -5.06. The lowest BCUT2D eigenvalue weighted by atomic mass is 9.71. The molecule has 328 valence electrons. The fourth-order valence-electron chi connectivity index (χ4n) is 6.57. The maximum absolute atomic E-state index is 13.8. The molecule has 2 atom stereocenters. The first-order valence-corrected chi connectivity index (χ1v) is 22.2. The highest BCUT2D eigenvalue weighted by molar-refractivity contribution is 8.94. The number of hydrogen-bond acceptors (Lipinski definition) is 17. The van der Waals surface area contributed by atoms with Crippen molar-refractivity contribution in [3.05, 3.63) is 29.8 Å². The summed E-state index contributed by atoms with van der Waals surface area (Å²) in [7, 11) is 2.25. The molecule has 19 nitrogen and oxygen atoms in total. The van der Waals surface area contributed by atoms with E-state index in [2.05, 4.69) is 16.0 Å². The number of anilines is 1. The fourth-order valence-corrected chi connectivity index (χ4v) is 9.90. The number of carbonyl (C=O) groups is 13. The van der Waals surface area contributed by atoms with Gasteiger partial charge in [-0.15, -0.1) is 11.8 Å². The number of thioether (sulfide) groups is 1. The second-order valence-corrected chi connectivity index (χ2v) is 18.5. The lowest BCUT2D eigenvalue weighted by Gasteiger charge is -2.29. The average Bonchev–Trinajstić information content (AvgIpc) is 3.96. The largest absolute Gasteiger partial charge is 0.362 e. The first-order valence-electron chi connectivity index (χ1n) is 19.0. The molecule has 0 aromatic heterocycles. The van der Waals surface area contributed by atoms with E-state index in [1.54, 1.807) is 24.3 Å². The van der Waals surface area contributed by atoms with Crippen molar-refractivity contribution < 1.29 is 67.1 Å². The van der Waals surface area contributed by atoms with Crippen molar-refractivity contribution in [3.8, 4) is 0 Å². The third-order valence-corrected chi connectivity index (χ3v) is 14.3. The SMILES string of the molecule is CC(=O)C1(C(=O)CCN2C(=O)CC(SCCC(=O)NCC(NC(=O)COCC(=O)Nc3ccc(CCC(=O)N4CCC4=O)cc3)C(=O)C(C(C)=O)(C(C)=O)C(C)=O)C2=O)SS1. The van der Waals surface area contributed by atoms with Gasteiger partial charge in [0.1, 0.15) is 19.3 Å². The Balaban J connectivity index is 1.26. The molecule has 0 spiro atoms. The van der Waals surface area contributed by atoms with Crippen molar-refractivity contribution in [2.75, 3.05) is 43.9 Å². The molecule has 0 saturated carbocycles. The normalized spacial score (nSPS) is 17.2. The monoisotopic (exact) mass is 903 g/mol. The van der Waals surface area contributed by atoms with Gasteiger partial charge in [0.2, 0.25) is 46.8 Å². The van der Waals surface area contributed by atoms with E-state index in [4.69, 9.17) is 4.74 Å². The molecule has 3 aliphatic rings. The maximum Gasteiger partial charge on any atom is 0.250 e. The number of carbonyl (C=O) groups excluding carboxylic acids is 13. The molecule has 22 heteroatoms. The predicted molar refractivity (Wildman–Crippen MR) is 220 cm³/mol. The van der Waals surface area contributed by atoms with Crippen LogP contribution < -0.4 is 16.0 Å². The Morgan fingerprint density at radius 1 is 0.836 bits per heavy atom. The number of amides is 7. The molecule has 7 amide bonds. The van der Waals surface area contributed by atoms with Crippen molar-refractivity contribution in [2.24, 2.45) is 5.41 Å². The summed E-state index contributed by atoms with van der Waals surface area (Å²) in [5.74, 6) is -9.14. The number of nitrogens with one attached hydrogen (secondary N) is 3. The zero-order chi connectivity index (χ0) is 45.2. The number of nitrogens with zero attached hydrogens (tertiary/aromatic N) is 2. The van der Waals surface area contributed by atoms with E-state index in [9.17, 15) is 62.3 Å². The van der Waals surface area contributed by atoms with Crippen LogP contribution in [-0.2, 0) is 73.5 Å². The highest BCUT2D eigenvalue weighted by atomic mass is 33.2. The molecule has 0 bridgehead atoms. The third-order valence-electron chi connectivity index (χ3n) is 10.1. The Labute approximate surface area is 362 Å². The van der Waals surface area contributed by atoms with Crippen LogP contribution in [0.15, 0.2) is 24.3 Å². The van der Waals surface area contributed by atoms with E-state index >= 15 is 0 Å². The van der Waals surface area contributed by atoms with Gasteiger partial charge in [-0.25, -0.2) is 0 Å². The summed E-state index contributed by atoms with van der Waals surface area (Å²) in [4.78, 5) is 166. The summed E-state index contributed by atoms with van der Waals surface area (Å²) < 4.78 is 4.01. The molecule has 61 heavy (non-hydrogen) atoms. The first kappa shape index (κ1) is 48.6. The van der Waals surface area contributed by atoms with Crippen molar-refractivity contribution in [1.82, 2.24) is 20.4 Å². The molecular weight excluding hydrogens is 859 g/mol. The van der Waals surface area contributed by atoms with Gasteiger partial charge in [-0.05, 0) is 51.8 Å². The fraction of sp³-hybridized carbons (Fsp3) is 0.513. The topological polar surface area (TPSA) is 274 Å². The Bertz CT molecular complexity index is 2000. The van der Waals surface area contributed by atoms with Gasteiger partial charge in [0.05, 0.1) is 5.25 Å². The second kappa shape index (κ2) is 21.1. The minimum absolute atomic E-state index is 0.0232. The molecule has 3 saturated heterocycles. The number of hydrogen-bond donors (Lipinski definition) is 3. The van der Waals surface area contributed by atoms with Crippen LogP contribution in [0.25, 0.3) is 0 Å². The van der Waals surface area contributed by atoms with Crippen LogP contribution in [0.5, 0.6) is 0 Å². The highest BCUT2D eigenvalue weighted by Crippen LogP contribution is 2.66. The quantitative estimate of drug-likeness (QED) is 0.0387. The minimum Gasteiger partial charge on any atom is -0.362 e. The molecule has 1 aromatic carbocycles. The van der Waals surface area contributed by atoms with Crippen LogP contribution in [0.4, 0.5) is 5.69 Å². The van der Waals surface area contributed by atoms with E-state index in [1.165, 1.54) is 11.8 Å². The van der Waals surface area contributed by atoms with Crippen LogP contribution in [0.1, 0.15) is 65.4 Å². The number of rotatable bonds is 25. The summed E-state index contributed by atoms with van der Waals surface area (Å²) in [6.45, 7) is 2.04. The van der Waals surface area contributed by atoms with Crippen LogP contribution in [-0.4, -0.2) is 140 Å². The van der Waals surface area contributed by atoms with Gasteiger partial charge < -0.3 is 20.7 Å². The Morgan fingerprint density at radius 2 is 1.46 bits per heavy atom. The molecule has 4 rings (SSSR count). The van der Waals surface area contributed by atoms with Gasteiger partial charge in [0.15, 0.2) is 38.8 Å². The zero-order valence-corrected chi connectivity index (χ0v) is 36.2. The number of ketones is 6. The number of ether oxygens (including phenoxy) is 1. The number of benzene rings is 1. The molecule has 3 heterocycles. The molecule has 0 radical (unpaired) electrons. The Morgan fingerprint density at radius 3 is 2.00 bits per heavy atom. The van der Waals surface area contributed by atoms with E-state index in [0.29, 0.717) is 25.1 Å². The summed E-state index contributed by atoms with van der Waals surface area (Å²) in [5, 5.41) is 6.41. The van der Waals surface area contributed by atoms with Gasteiger partial charge in [0.25, 0.3) is 0 Å². The van der Waals surface area contributed by atoms with E-state index in [0.717, 1.165) is 64.6 Å². The molecular formula is C39H45N5O14S3. The molecule has 1 aromatic rings. The van der Waals surface area contributed by atoms with E-state index in [1.807, 2.05) is 0 Å². The lowest BCUT2D eigenvalue weighted by Crippen LogP contribution is -2.60. The highest BCUT2D eigenvalue weighted by Gasteiger charge is 2.57. The standard InChI is InChI=1S/C39H45N5O14S3/c1-21(45)38(22(2)46,23(3)47)36(56)27(18-40-30(50)13-16-59-28-17-35(55)44(37(28)57)14-11-29(49)39(24(4)48)60-61-39)42-32(52)20-58-19-31(51)41-26-8-5-25(6-9-26)7-10-33(53)43-15-12-34(43)54/h5-6,8-9,27-28H,7,10-20H2,1-4H3,(H,40,50)(H,41,51)(H,42,52). The summed E-state index contributed by atoms with van der Waals surface area (Å²) >= 11 is 1.01. The van der Waals surface area contributed by atoms with Crippen LogP contribution in [0.3, 0.4) is 0 Å². The Kier molecular flexibility index (Phi) is 16.9. The van der Waals surface area contributed by atoms with Gasteiger partial charge in [-0.1, -0.05) is 33.7 Å². The van der Waals surface area contributed by atoms with Crippen LogP contribution in [0, 0.1) is 5.41 Å². The second-order valence-electron chi connectivity index (χ2n) is 14.3. The van der Waals surface area contributed by atoms with E-state index in [-0.39, 0.29) is 61.4 Å². The predicted octanol–water partition coefficient (Wildman–Crippen LogP) is 0.147. The van der Waals surface area contributed by atoms with Crippen molar-refractivity contribution in [3.63, 3.8) is 0 Å². The molecule has 3 fully saturated rings. The number of β-lactam (4-membered cyclic amide) rings is 1. The summed E-state index contributed by atoms with van der Waals surface area (Å²) in [6.07, 6.45) is 0.297. The minimum atomic E-state index is -2.78. The van der Waals surface area contributed by atoms with Crippen LogP contribution in [0.2, 0.25) is 0 Å². The van der Waals surface area contributed by atoms with Crippen LogP contribution >= 0.6 is 33.3 Å².